The predicted molar refractivity (Wildman–Crippen MR) is 107 cm³/mol. The summed E-state index contributed by atoms with van der Waals surface area (Å²) in [5.74, 6) is -2.28. The van der Waals surface area contributed by atoms with Gasteiger partial charge in [0.2, 0.25) is 5.91 Å². The molecule has 0 bridgehead atoms. The summed E-state index contributed by atoms with van der Waals surface area (Å²) in [6, 6.07) is 11.7. The lowest BCUT2D eigenvalue weighted by Crippen LogP contribution is -2.54. The van der Waals surface area contributed by atoms with Gasteiger partial charge in [-0.1, -0.05) is 30.3 Å². The van der Waals surface area contributed by atoms with E-state index in [0.717, 1.165) is 18.2 Å². The molecule has 0 aromatic heterocycles. The van der Waals surface area contributed by atoms with Crippen LogP contribution in [0.15, 0.2) is 54.3 Å². The van der Waals surface area contributed by atoms with Crippen molar-refractivity contribution in [2.75, 3.05) is 19.0 Å². The van der Waals surface area contributed by atoms with Gasteiger partial charge < -0.3 is 20.1 Å². The highest BCUT2D eigenvalue weighted by atomic mass is 19.1. The summed E-state index contributed by atoms with van der Waals surface area (Å²) < 4.78 is 38.4. The molecule has 0 saturated heterocycles. The average molecular weight is 416 g/mol. The summed E-state index contributed by atoms with van der Waals surface area (Å²) in [6.45, 7) is 3.08. The van der Waals surface area contributed by atoms with E-state index in [9.17, 15) is 18.4 Å². The van der Waals surface area contributed by atoms with Crippen LogP contribution in [0, 0.1) is 17.0 Å². The highest BCUT2D eigenvalue weighted by Gasteiger charge is 2.44. The average Bonchev–Trinajstić information content (AvgIpc) is 2.71. The van der Waals surface area contributed by atoms with Crippen molar-refractivity contribution in [1.29, 1.82) is 0 Å². The summed E-state index contributed by atoms with van der Waals surface area (Å²) in [6.07, 6.45) is -1.06. The molecule has 1 heterocycles. The van der Waals surface area contributed by atoms with Gasteiger partial charge in [0.1, 0.15) is 24.0 Å². The molecule has 0 spiro atoms. The highest BCUT2D eigenvalue weighted by molar-refractivity contribution is 6.21. The highest BCUT2D eigenvalue weighted by Crippen LogP contribution is 2.33. The first kappa shape index (κ1) is 21.4. The fourth-order valence-corrected chi connectivity index (χ4v) is 3.01. The van der Waals surface area contributed by atoms with Gasteiger partial charge in [0.05, 0.1) is 16.7 Å². The van der Waals surface area contributed by atoms with Gasteiger partial charge in [0.25, 0.3) is 5.91 Å². The third-order valence-corrected chi connectivity index (χ3v) is 4.78. The van der Waals surface area contributed by atoms with E-state index >= 15 is 0 Å². The minimum absolute atomic E-state index is 0.0182. The van der Waals surface area contributed by atoms with Crippen molar-refractivity contribution < 1.29 is 27.8 Å². The predicted octanol–water partition coefficient (Wildman–Crippen LogP) is 3.46. The number of halogens is 2. The van der Waals surface area contributed by atoms with Crippen molar-refractivity contribution in [3.05, 3.63) is 71.5 Å². The van der Waals surface area contributed by atoms with Crippen molar-refractivity contribution in [1.82, 2.24) is 5.32 Å². The zero-order valence-corrected chi connectivity index (χ0v) is 16.8. The lowest BCUT2D eigenvalue weighted by Gasteiger charge is -2.37. The molecule has 0 radical (unpaired) electrons. The van der Waals surface area contributed by atoms with E-state index in [1.54, 1.807) is 24.3 Å². The fourth-order valence-electron chi connectivity index (χ4n) is 3.01. The second kappa shape index (κ2) is 8.62. The first-order valence-corrected chi connectivity index (χ1v) is 9.25. The van der Waals surface area contributed by atoms with E-state index in [1.165, 1.54) is 21.0 Å². The fraction of sp³-hybridized carbons (Fsp3) is 0.273. The lowest BCUT2D eigenvalue weighted by molar-refractivity contribution is -0.138. The SMILES string of the molecule is COCC1=C(c2ccccc2)C(=O)NC(C(C)(C)C(=O)Nc2cc(F)ccc2F)O1. The Morgan fingerprint density at radius 3 is 2.57 bits per heavy atom. The summed E-state index contributed by atoms with van der Waals surface area (Å²) >= 11 is 0. The van der Waals surface area contributed by atoms with Crippen LogP contribution in [0.3, 0.4) is 0 Å². The topological polar surface area (TPSA) is 76.7 Å². The first-order chi connectivity index (χ1) is 14.2. The smallest absolute Gasteiger partial charge is 0.258 e. The maximum Gasteiger partial charge on any atom is 0.258 e. The molecule has 1 unspecified atom stereocenters. The Morgan fingerprint density at radius 2 is 1.90 bits per heavy atom. The summed E-state index contributed by atoms with van der Waals surface area (Å²) in [5.41, 5.74) is -0.672. The molecule has 3 rings (SSSR count). The summed E-state index contributed by atoms with van der Waals surface area (Å²) in [7, 11) is 1.46. The van der Waals surface area contributed by atoms with Gasteiger partial charge in [-0.25, -0.2) is 8.78 Å². The molecule has 6 nitrogen and oxygen atoms in total. The van der Waals surface area contributed by atoms with E-state index < -0.39 is 35.1 Å². The number of rotatable bonds is 6. The molecule has 2 N–H and O–H groups in total. The van der Waals surface area contributed by atoms with Gasteiger partial charge in [-0.3, -0.25) is 9.59 Å². The van der Waals surface area contributed by atoms with Crippen LogP contribution in [0.25, 0.3) is 5.57 Å². The molecular formula is C22H22F2N2O4. The molecule has 30 heavy (non-hydrogen) atoms. The van der Waals surface area contributed by atoms with E-state index in [0.29, 0.717) is 11.1 Å². The van der Waals surface area contributed by atoms with Crippen LogP contribution in [-0.4, -0.2) is 31.8 Å². The number of carbonyl (C=O) groups is 2. The molecule has 2 aromatic rings. The molecule has 0 aliphatic carbocycles. The number of nitrogens with one attached hydrogen (secondary N) is 2. The molecule has 158 valence electrons. The minimum atomic E-state index is -1.32. The van der Waals surface area contributed by atoms with E-state index in [4.69, 9.17) is 9.47 Å². The Balaban J connectivity index is 1.88. The Labute approximate surface area is 172 Å². The molecule has 8 heteroatoms. The molecule has 0 fully saturated rings. The number of methoxy groups -OCH3 is 1. The summed E-state index contributed by atoms with van der Waals surface area (Å²) in [4.78, 5) is 25.7. The van der Waals surface area contributed by atoms with Crippen LogP contribution in [0.4, 0.5) is 14.5 Å². The van der Waals surface area contributed by atoms with Crippen LogP contribution in [0.2, 0.25) is 0 Å². The zero-order chi connectivity index (χ0) is 21.9. The Kier molecular flexibility index (Phi) is 6.17. The Hall–Kier alpha value is -3.26. The van der Waals surface area contributed by atoms with Crippen molar-refractivity contribution in [3.63, 3.8) is 0 Å². The number of benzene rings is 2. The number of anilines is 1. The number of amides is 2. The van der Waals surface area contributed by atoms with Crippen molar-refractivity contribution in [3.8, 4) is 0 Å². The largest absolute Gasteiger partial charge is 0.471 e. The number of hydrogen-bond acceptors (Lipinski definition) is 4. The van der Waals surface area contributed by atoms with Crippen molar-refractivity contribution in [2.45, 2.75) is 20.1 Å². The second-order valence-corrected chi connectivity index (χ2v) is 7.37. The zero-order valence-electron chi connectivity index (χ0n) is 16.8. The van der Waals surface area contributed by atoms with Crippen LogP contribution >= 0.6 is 0 Å². The summed E-state index contributed by atoms with van der Waals surface area (Å²) in [5, 5.41) is 5.04. The molecule has 2 aromatic carbocycles. The molecule has 2 amide bonds. The number of ether oxygens (including phenoxy) is 2. The van der Waals surface area contributed by atoms with Crippen molar-refractivity contribution in [2.24, 2.45) is 5.41 Å². The third kappa shape index (κ3) is 4.33. The molecular weight excluding hydrogens is 394 g/mol. The standard InChI is InChI=1S/C22H22F2N2O4/c1-22(2,20(28)25-16-11-14(23)9-10-15(16)24)21-26-19(27)18(17(30-21)12-29-3)13-7-5-4-6-8-13/h4-11,21H,12H2,1-3H3,(H,25,28)(H,26,27). The van der Waals surface area contributed by atoms with Crippen LogP contribution < -0.4 is 10.6 Å². The van der Waals surface area contributed by atoms with E-state index in [1.807, 2.05) is 6.07 Å². The van der Waals surface area contributed by atoms with Gasteiger partial charge in [0, 0.05) is 13.2 Å². The van der Waals surface area contributed by atoms with Gasteiger partial charge in [-0.05, 0) is 31.5 Å². The minimum Gasteiger partial charge on any atom is -0.471 e. The second-order valence-electron chi connectivity index (χ2n) is 7.37. The Morgan fingerprint density at radius 1 is 1.20 bits per heavy atom. The van der Waals surface area contributed by atoms with Crippen LogP contribution in [0.5, 0.6) is 0 Å². The molecule has 0 saturated carbocycles. The van der Waals surface area contributed by atoms with Gasteiger partial charge >= 0.3 is 0 Å². The normalized spacial score (nSPS) is 16.7. The Bertz CT molecular complexity index is 990. The third-order valence-electron chi connectivity index (χ3n) is 4.78. The monoisotopic (exact) mass is 416 g/mol. The lowest BCUT2D eigenvalue weighted by atomic mass is 9.88. The van der Waals surface area contributed by atoms with Crippen LogP contribution in [-0.2, 0) is 19.1 Å². The quantitative estimate of drug-likeness (QED) is 0.756. The van der Waals surface area contributed by atoms with Crippen molar-refractivity contribution >= 4 is 23.1 Å². The van der Waals surface area contributed by atoms with E-state index in [2.05, 4.69) is 10.6 Å². The van der Waals surface area contributed by atoms with Gasteiger partial charge in [-0.2, -0.15) is 0 Å². The van der Waals surface area contributed by atoms with Gasteiger partial charge in [0.15, 0.2) is 6.23 Å². The number of hydrogen-bond donors (Lipinski definition) is 2. The molecule has 1 aliphatic rings. The van der Waals surface area contributed by atoms with Crippen LogP contribution in [0.1, 0.15) is 19.4 Å². The number of carbonyl (C=O) groups excluding carboxylic acids is 2. The first-order valence-electron chi connectivity index (χ1n) is 9.25. The maximum absolute atomic E-state index is 13.9. The molecule has 1 aliphatic heterocycles. The molecule has 1 atom stereocenters. The van der Waals surface area contributed by atoms with Gasteiger partial charge in [-0.15, -0.1) is 0 Å². The van der Waals surface area contributed by atoms with E-state index in [-0.39, 0.29) is 18.1 Å². The maximum atomic E-state index is 13.9.